The highest BCUT2D eigenvalue weighted by molar-refractivity contribution is 6.27. The van der Waals surface area contributed by atoms with Crippen molar-refractivity contribution in [2.75, 3.05) is 6.61 Å². The van der Waals surface area contributed by atoms with E-state index in [9.17, 15) is 4.79 Å². The molecule has 0 rings (SSSR count). The van der Waals surface area contributed by atoms with Crippen LogP contribution in [0.4, 0.5) is 4.79 Å². The Morgan fingerprint density at radius 3 is 2.91 bits per heavy atom. The van der Waals surface area contributed by atoms with E-state index in [1.54, 1.807) is 0 Å². The minimum atomic E-state index is -0.456. The van der Waals surface area contributed by atoms with E-state index in [1.165, 1.54) is 0 Å². The lowest BCUT2D eigenvalue weighted by Gasteiger charge is -2.10. The topological polar surface area (TPSA) is 64.3 Å². The van der Waals surface area contributed by atoms with Crippen LogP contribution in [0, 0.1) is 0 Å². The molecule has 0 aromatic carbocycles. The van der Waals surface area contributed by atoms with Gasteiger partial charge in [0, 0.05) is 12.6 Å². The molecule has 0 saturated heterocycles. The van der Waals surface area contributed by atoms with Crippen molar-refractivity contribution in [2.24, 2.45) is 5.73 Å². The molecule has 0 spiro atoms. The third kappa shape index (κ3) is 7.34. The molecule has 0 heterocycles. The maximum absolute atomic E-state index is 10.3. The molecule has 2 amide bonds. The van der Waals surface area contributed by atoms with Crippen LogP contribution in [0.3, 0.4) is 0 Å². The number of amides is 2. The van der Waals surface area contributed by atoms with Crippen molar-refractivity contribution in [3.63, 3.8) is 0 Å². The SMILES string of the molecule is CCO[SiH2]CC(C)NC(N)=O. The molecular weight excluding hydrogens is 160 g/mol. The van der Waals surface area contributed by atoms with Crippen LogP contribution in [0.25, 0.3) is 0 Å². The lowest BCUT2D eigenvalue weighted by atomic mass is 10.4. The van der Waals surface area contributed by atoms with Crippen molar-refractivity contribution >= 4 is 15.8 Å². The largest absolute Gasteiger partial charge is 0.424 e. The zero-order valence-electron chi connectivity index (χ0n) is 7.09. The van der Waals surface area contributed by atoms with Crippen molar-refractivity contribution in [3.8, 4) is 0 Å². The molecule has 0 saturated carbocycles. The number of primary amides is 1. The smallest absolute Gasteiger partial charge is 0.312 e. The Morgan fingerprint density at radius 1 is 1.82 bits per heavy atom. The second-order valence-electron chi connectivity index (χ2n) is 2.40. The molecule has 0 aromatic rings. The number of nitrogens with two attached hydrogens (primary N) is 1. The van der Waals surface area contributed by atoms with Gasteiger partial charge in [-0.1, -0.05) is 0 Å². The van der Waals surface area contributed by atoms with Crippen LogP contribution in [-0.4, -0.2) is 28.4 Å². The van der Waals surface area contributed by atoms with Crippen molar-refractivity contribution in [2.45, 2.75) is 25.9 Å². The molecule has 66 valence electrons. The van der Waals surface area contributed by atoms with Crippen LogP contribution in [0.1, 0.15) is 13.8 Å². The standard InChI is InChI=1S/C6H16N2O2Si/c1-3-10-11-4-5(2)8-6(7)9/h5H,3-4,11H2,1-2H3,(H3,7,8,9). The van der Waals surface area contributed by atoms with E-state index >= 15 is 0 Å². The Balaban J connectivity index is 3.22. The molecule has 0 aliphatic heterocycles. The second-order valence-corrected chi connectivity index (χ2v) is 3.79. The van der Waals surface area contributed by atoms with E-state index < -0.39 is 15.8 Å². The summed E-state index contributed by atoms with van der Waals surface area (Å²) in [5, 5.41) is 2.60. The summed E-state index contributed by atoms with van der Waals surface area (Å²) >= 11 is 0. The van der Waals surface area contributed by atoms with Crippen LogP contribution >= 0.6 is 0 Å². The first kappa shape index (κ1) is 10.4. The summed E-state index contributed by atoms with van der Waals surface area (Å²) in [6.07, 6.45) is 0. The second kappa shape index (κ2) is 6.18. The zero-order chi connectivity index (χ0) is 8.69. The molecule has 0 aliphatic rings. The minimum absolute atomic E-state index is 0.158. The van der Waals surface area contributed by atoms with Gasteiger partial charge in [0.2, 0.25) is 0 Å². The summed E-state index contributed by atoms with van der Waals surface area (Å²) in [6.45, 7) is 4.67. The zero-order valence-corrected chi connectivity index (χ0v) is 8.51. The number of nitrogens with one attached hydrogen (secondary N) is 1. The molecule has 11 heavy (non-hydrogen) atoms. The van der Waals surface area contributed by atoms with Crippen molar-refractivity contribution < 1.29 is 9.22 Å². The normalized spacial score (nSPS) is 13.6. The molecule has 0 bridgehead atoms. The molecule has 1 atom stereocenters. The van der Waals surface area contributed by atoms with E-state index in [-0.39, 0.29) is 6.04 Å². The molecule has 5 heteroatoms. The fourth-order valence-corrected chi connectivity index (χ4v) is 1.67. The van der Waals surface area contributed by atoms with Gasteiger partial charge >= 0.3 is 6.03 Å². The van der Waals surface area contributed by atoms with Gasteiger partial charge in [0.15, 0.2) is 9.76 Å². The monoisotopic (exact) mass is 176 g/mol. The Hall–Kier alpha value is -0.553. The van der Waals surface area contributed by atoms with Gasteiger partial charge in [-0.15, -0.1) is 0 Å². The maximum Gasteiger partial charge on any atom is 0.312 e. The maximum atomic E-state index is 10.3. The molecule has 1 unspecified atom stereocenters. The minimum Gasteiger partial charge on any atom is -0.424 e. The summed E-state index contributed by atoms with van der Waals surface area (Å²) in [5.41, 5.74) is 4.92. The number of hydrogen-bond acceptors (Lipinski definition) is 2. The summed E-state index contributed by atoms with van der Waals surface area (Å²) in [5.74, 6) is 0. The highest BCUT2D eigenvalue weighted by atomic mass is 28.2. The fourth-order valence-electron chi connectivity index (χ4n) is 0.719. The van der Waals surface area contributed by atoms with E-state index in [1.807, 2.05) is 13.8 Å². The fraction of sp³-hybridized carbons (Fsp3) is 0.833. The van der Waals surface area contributed by atoms with E-state index in [0.29, 0.717) is 0 Å². The van der Waals surface area contributed by atoms with Gasteiger partial charge in [-0.05, 0) is 19.9 Å². The van der Waals surface area contributed by atoms with Crippen LogP contribution in [-0.2, 0) is 4.43 Å². The quantitative estimate of drug-likeness (QED) is 0.441. The third-order valence-corrected chi connectivity index (χ3v) is 3.09. The first-order valence-electron chi connectivity index (χ1n) is 3.80. The number of rotatable bonds is 5. The van der Waals surface area contributed by atoms with Crippen LogP contribution in [0.2, 0.25) is 6.04 Å². The van der Waals surface area contributed by atoms with E-state index in [4.69, 9.17) is 10.2 Å². The Labute approximate surface area is 69.4 Å². The number of carbonyl (C=O) groups excluding carboxylic acids is 1. The number of urea groups is 1. The van der Waals surface area contributed by atoms with Gasteiger partial charge in [0.1, 0.15) is 0 Å². The lowest BCUT2D eigenvalue weighted by Crippen LogP contribution is -2.37. The van der Waals surface area contributed by atoms with Gasteiger partial charge in [-0.3, -0.25) is 0 Å². The summed E-state index contributed by atoms with van der Waals surface area (Å²) < 4.78 is 5.23. The van der Waals surface area contributed by atoms with E-state index in [2.05, 4.69) is 5.32 Å². The molecule has 0 aromatic heterocycles. The predicted octanol–water partition coefficient (Wildman–Crippen LogP) is -0.418. The summed E-state index contributed by atoms with van der Waals surface area (Å²) in [4.78, 5) is 10.3. The average Bonchev–Trinajstić information content (AvgIpc) is 1.86. The molecule has 0 fully saturated rings. The first-order chi connectivity index (χ1) is 5.16. The van der Waals surface area contributed by atoms with Crippen LogP contribution in [0.5, 0.6) is 0 Å². The molecule has 0 radical (unpaired) electrons. The lowest BCUT2D eigenvalue weighted by molar-refractivity contribution is 0.246. The van der Waals surface area contributed by atoms with Crippen molar-refractivity contribution in [3.05, 3.63) is 0 Å². The van der Waals surface area contributed by atoms with Gasteiger partial charge in [-0.2, -0.15) is 0 Å². The van der Waals surface area contributed by atoms with Crippen LogP contribution in [0.15, 0.2) is 0 Å². The van der Waals surface area contributed by atoms with Crippen LogP contribution < -0.4 is 11.1 Å². The molecule has 0 aliphatic carbocycles. The van der Waals surface area contributed by atoms with Crippen molar-refractivity contribution in [1.29, 1.82) is 0 Å². The van der Waals surface area contributed by atoms with E-state index in [0.717, 1.165) is 12.7 Å². The highest BCUT2D eigenvalue weighted by Crippen LogP contribution is 1.89. The Morgan fingerprint density at radius 2 is 2.45 bits per heavy atom. The summed E-state index contributed by atoms with van der Waals surface area (Å²) in [7, 11) is -0.449. The third-order valence-electron chi connectivity index (χ3n) is 1.29. The molecule has 3 N–H and O–H groups in total. The number of carbonyl (C=O) groups is 1. The molecular formula is C6H16N2O2Si. The molecule has 4 nitrogen and oxygen atoms in total. The predicted molar refractivity (Wildman–Crippen MR) is 47.2 cm³/mol. The Bertz CT molecular complexity index is 121. The average molecular weight is 176 g/mol. The number of hydrogen-bond donors (Lipinski definition) is 2. The van der Waals surface area contributed by atoms with Crippen molar-refractivity contribution in [1.82, 2.24) is 5.32 Å². The highest BCUT2D eigenvalue weighted by Gasteiger charge is 2.02. The summed E-state index contributed by atoms with van der Waals surface area (Å²) in [6, 6.07) is 0.644. The van der Waals surface area contributed by atoms with Gasteiger partial charge < -0.3 is 15.5 Å². The first-order valence-corrected chi connectivity index (χ1v) is 5.38. The Kier molecular flexibility index (Phi) is 5.87. The van der Waals surface area contributed by atoms with Gasteiger partial charge in [-0.25, -0.2) is 4.79 Å². The van der Waals surface area contributed by atoms with Gasteiger partial charge in [0.25, 0.3) is 0 Å². The van der Waals surface area contributed by atoms with Gasteiger partial charge in [0.05, 0.1) is 0 Å².